The monoisotopic (exact) mass is 551 g/mol. The number of aryl methyl sites for hydroxylation is 1. The Morgan fingerprint density at radius 2 is 1.51 bits per heavy atom. The van der Waals surface area contributed by atoms with E-state index in [-0.39, 0.29) is 11.3 Å². The number of carboxylic acids is 1. The maximum atomic E-state index is 13.3. The van der Waals surface area contributed by atoms with Crippen LogP contribution in [-0.2, 0) is 21.2 Å². The van der Waals surface area contributed by atoms with Crippen molar-refractivity contribution < 1.29 is 23.1 Å². The van der Waals surface area contributed by atoms with E-state index in [0.29, 0.717) is 17.9 Å². The van der Waals surface area contributed by atoms with E-state index in [4.69, 9.17) is 0 Å². The fourth-order valence-electron chi connectivity index (χ4n) is 4.14. The van der Waals surface area contributed by atoms with Gasteiger partial charge in [-0.15, -0.1) is 0 Å². The summed E-state index contributed by atoms with van der Waals surface area (Å²) in [4.78, 5) is 27.0. The molecule has 0 spiro atoms. The Morgan fingerprint density at radius 3 is 2.13 bits per heavy atom. The van der Waals surface area contributed by atoms with Crippen LogP contribution in [0.25, 0.3) is 0 Å². The van der Waals surface area contributed by atoms with Gasteiger partial charge in [0.25, 0.3) is 10.0 Å². The second-order valence-corrected chi connectivity index (χ2v) is 11.2. The molecule has 1 atom stereocenters. The Balaban J connectivity index is 1.76. The molecule has 0 heterocycles. The minimum Gasteiger partial charge on any atom is -0.480 e. The Labute approximate surface area is 231 Å². The lowest BCUT2D eigenvalue weighted by molar-refractivity contribution is -0.139. The van der Waals surface area contributed by atoms with Crippen LogP contribution in [-0.4, -0.2) is 38.1 Å². The van der Waals surface area contributed by atoms with Crippen LogP contribution in [0, 0.1) is 6.92 Å². The van der Waals surface area contributed by atoms with Gasteiger partial charge in [0.1, 0.15) is 6.04 Å². The number of hydrogen-bond acceptors (Lipinski definition) is 4. The van der Waals surface area contributed by atoms with Crippen molar-refractivity contribution in [2.75, 3.05) is 16.2 Å². The highest BCUT2D eigenvalue weighted by molar-refractivity contribution is 7.92. The zero-order valence-electron chi connectivity index (χ0n) is 22.5. The molecule has 3 rings (SSSR count). The maximum absolute atomic E-state index is 13.3. The molecule has 2 amide bonds. The molecule has 0 fully saturated rings. The molecule has 0 aliphatic heterocycles. The summed E-state index contributed by atoms with van der Waals surface area (Å²) in [5.41, 5.74) is 2.67. The van der Waals surface area contributed by atoms with E-state index in [2.05, 4.69) is 17.0 Å². The van der Waals surface area contributed by atoms with Crippen LogP contribution in [0.5, 0.6) is 0 Å². The Morgan fingerprint density at radius 1 is 0.872 bits per heavy atom. The summed E-state index contributed by atoms with van der Waals surface area (Å²) in [5, 5.41) is 12.4. The molecule has 0 saturated carbocycles. The van der Waals surface area contributed by atoms with Crippen LogP contribution in [0.2, 0.25) is 0 Å². The smallest absolute Gasteiger partial charge is 0.326 e. The number of carbonyl (C=O) groups is 2. The van der Waals surface area contributed by atoms with Crippen LogP contribution in [0.15, 0.2) is 83.8 Å². The second-order valence-electron chi connectivity index (χ2n) is 9.56. The summed E-state index contributed by atoms with van der Waals surface area (Å²) in [5.74, 6) is -1.11. The molecular formula is C30H37N3O5S. The second kappa shape index (κ2) is 14.3. The number of hydrogen-bond donors (Lipinski definition) is 3. The summed E-state index contributed by atoms with van der Waals surface area (Å²) in [6.45, 7) is 4.42. The number of carbonyl (C=O) groups excluding carboxylic acids is 1. The fraction of sp³-hybridized carbons (Fsp3) is 0.333. The molecule has 0 aromatic heterocycles. The number of rotatable bonds is 14. The van der Waals surface area contributed by atoms with Gasteiger partial charge in [-0.3, -0.25) is 9.62 Å². The van der Waals surface area contributed by atoms with E-state index in [0.717, 1.165) is 43.2 Å². The van der Waals surface area contributed by atoms with Gasteiger partial charge in [-0.25, -0.2) is 18.0 Å². The topological polar surface area (TPSA) is 116 Å². The molecular weight excluding hydrogens is 514 g/mol. The molecule has 9 heteroatoms. The van der Waals surface area contributed by atoms with Gasteiger partial charge in [-0.05, 0) is 55.3 Å². The zero-order chi connectivity index (χ0) is 28.3. The van der Waals surface area contributed by atoms with Crippen molar-refractivity contribution in [2.24, 2.45) is 0 Å². The molecule has 39 heavy (non-hydrogen) atoms. The van der Waals surface area contributed by atoms with Gasteiger partial charge in [0.15, 0.2) is 0 Å². The van der Waals surface area contributed by atoms with Crippen molar-refractivity contribution in [1.82, 2.24) is 5.32 Å². The summed E-state index contributed by atoms with van der Waals surface area (Å²) in [7, 11) is -3.77. The Bertz CT molecular complexity index is 1310. The first kappa shape index (κ1) is 29.7. The van der Waals surface area contributed by atoms with Crippen molar-refractivity contribution in [2.45, 2.75) is 63.3 Å². The van der Waals surface area contributed by atoms with E-state index in [1.807, 2.05) is 37.3 Å². The molecule has 8 nitrogen and oxygen atoms in total. The largest absolute Gasteiger partial charge is 0.480 e. The average Bonchev–Trinajstić information content (AvgIpc) is 2.91. The lowest BCUT2D eigenvalue weighted by Gasteiger charge is -2.26. The number of anilines is 2. The van der Waals surface area contributed by atoms with E-state index in [1.165, 1.54) is 4.90 Å². The summed E-state index contributed by atoms with van der Waals surface area (Å²) in [6.07, 6.45) is 5.12. The molecule has 0 aliphatic rings. The van der Waals surface area contributed by atoms with Gasteiger partial charge in [0, 0.05) is 24.3 Å². The molecule has 3 N–H and O–H groups in total. The van der Waals surface area contributed by atoms with Crippen molar-refractivity contribution in [3.8, 4) is 0 Å². The number of urea groups is 1. The Hall–Kier alpha value is -3.85. The molecule has 0 radical (unpaired) electrons. The third kappa shape index (κ3) is 9.14. The SMILES string of the molecule is CCCCCCCN(C(=O)NC(Cc1ccccc1)C(=O)O)c1ccc(NS(=O)(=O)c2ccc(C)cc2)cc1. The Kier molecular flexibility index (Phi) is 10.9. The molecule has 3 aromatic rings. The standard InChI is InChI=1S/C30H37N3O5S/c1-3-4-5-6-10-21-33(30(36)31-28(29(34)35)22-24-11-8-7-9-12-24)26-17-15-25(16-18-26)32-39(37,38)27-19-13-23(2)14-20-27/h7-9,11-20,28,32H,3-6,10,21-22H2,1-2H3,(H,31,36)(H,34,35). The molecule has 0 aliphatic carbocycles. The lowest BCUT2D eigenvalue weighted by atomic mass is 10.1. The maximum Gasteiger partial charge on any atom is 0.326 e. The zero-order valence-corrected chi connectivity index (χ0v) is 23.3. The van der Waals surface area contributed by atoms with Crippen LogP contribution < -0.4 is 14.9 Å². The first-order valence-corrected chi connectivity index (χ1v) is 14.7. The number of unbranched alkanes of at least 4 members (excludes halogenated alkanes) is 4. The van der Waals surface area contributed by atoms with Crippen molar-refractivity contribution in [3.05, 3.63) is 90.0 Å². The number of aliphatic carboxylic acids is 1. The van der Waals surface area contributed by atoms with Crippen molar-refractivity contribution >= 4 is 33.4 Å². The molecule has 3 aromatic carbocycles. The summed E-state index contributed by atoms with van der Waals surface area (Å²) in [6, 6.07) is 20.6. The molecule has 1 unspecified atom stereocenters. The highest BCUT2D eigenvalue weighted by Gasteiger charge is 2.24. The van der Waals surface area contributed by atoms with Gasteiger partial charge < -0.3 is 10.4 Å². The van der Waals surface area contributed by atoms with Gasteiger partial charge in [-0.2, -0.15) is 0 Å². The van der Waals surface area contributed by atoms with Gasteiger partial charge in [0.05, 0.1) is 4.90 Å². The number of benzene rings is 3. The highest BCUT2D eigenvalue weighted by Crippen LogP contribution is 2.22. The van der Waals surface area contributed by atoms with E-state index in [1.54, 1.807) is 48.5 Å². The lowest BCUT2D eigenvalue weighted by Crippen LogP contribution is -2.49. The normalized spacial score (nSPS) is 11.9. The minimum absolute atomic E-state index is 0.156. The van der Waals surface area contributed by atoms with Gasteiger partial charge >= 0.3 is 12.0 Å². The molecule has 0 saturated heterocycles. The highest BCUT2D eigenvalue weighted by atomic mass is 32.2. The van der Waals surface area contributed by atoms with Crippen LogP contribution in [0.1, 0.15) is 50.2 Å². The van der Waals surface area contributed by atoms with Gasteiger partial charge in [-0.1, -0.05) is 80.6 Å². The number of nitrogens with one attached hydrogen (secondary N) is 2. The van der Waals surface area contributed by atoms with E-state index < -0.39 is 28.1 Å². The third-order valence-corrected chi connectivity index (χ3v) is 7.77. The number of sulfonamides is 1. The van der Waals surface area contributed by atoms with E-state index >= 15 is 0 Å². The van der Waals surface area contributed by atoms with Crippen molar-refractivity contribution in [1.29, 1.82) is 0 Å². The van der Waals surface area contributed by atoms with Crippen LogP contribution in [0.3, 0.4) is 0 Å². The number of nitrogens with zero attached hydrogens (tertiary/aromatic N) is 1. The summed E-state index contributed by atoms with van der Waals surface area (Å²) < 4.78 is 28.1. The average molecular weight is 552 g/mol. The summed E-state index contributed by atoms with van der Waals surface area (Å²) >= 11 is 0. The first-order valence-electron chi connectivity index (χ1n) is 13.2. The number of carboxylic acid groups (broad SMARTS) is 1. The predicted octanol–water partition coefficient (Wildman–Crippen LogP) is 5.98. The van der Waals surface area contributed by atoms with Crippen molar-refractivity contribution in [3.63, 3.8) is 0 Å². The third-order valence-electron chi connectivity index (χ3n) is 6.37. The molecule has 208 valence electrons. The first-order chi connectivity index (χ1) is 18.7. The minimum atomic E-state index is -3.77. The number of amides is 2. The quantitative estimate of drug-likeness (QED) is 0.213. The van der Waals surface area contributed by atoms with Crippen LogP contribution in [0.4, 0.5) is 16.2 Å². The van der Waals surface area contributed by atoms with Gasteiger partial charge in [0.2, 0.25) is 0 Å². The molecule has 0 bridgehead atoms. The van der Waals surface area contributed by atoms with E-state index in [9.17, 15) is 23.1 Å². The fourth-order valence-corrected chi connectivity index (χ4v) is 5.20. The predicted molar refractivity (Wildman–Crippen MR) is 155 cm³/mol. The van der Waals surface area contributed by atoms with Crippen LogP contribution >= 0.6 is 0 Å².